The SMILES string of the molecule is CC(=O)C1=Cc2c(oc3ccccc3c2=O)N(c2ccccc2)C1. The number of hydrogen-bond acceptors (Lipinski definition) is 4. The van der Waals surface area contributed by atoms with Gasteiger partial charge in [-0.2, -0.15) is 0 Å². The predicted octanol–water partition coefficient (Wildman–Crippen LogP) is 3.92. The zero-order valence-electron chi connectivity index (χ0n) is 13.2. The standard InChI is InChI=1S/C20H15NO3/c1-13(22)14-11-17-19(23)16-9-5-6-10-18(16)24-20(17)21(12-14)15-7-3-2-4-8-15/h2-11H,12H2,1H3. The van der Waals surface area contributed by atoms with E-state index in [4.69, 9.17) is 4.42 Å². The van der Waals surface area contributed by atoms with Crippen molar-refractivity contribution in [3.05, 3.63) is 76.0 Å². The molecule has 24 heavy (non-hydrogen) atoms. The molecule has 0 bridgehead atoms. The number of nitrogens with zero attached hydrogens (tertiary/aromatic N) is 1. The van der Waals surface area contributed by atoms with Crippen LogP contribution in [0.25, 0.3) is 17.0 Å². The van der Waals surface area contributed by atoms with E-state index in [0.29, 0.717) is 34.5 Å². The first kappa shape index (κ1) is 14.5. The summed E-state index contributed by atoms with van der Waals surface area (Å²) in [7, 11) is 0. The highest BCUT2D eigenvalue weighted by molar-refractivity contribution is 6.02. The first-order chi connectivity index (χ1) is 11.6. The molecule has 0 amide bonds. The fourth-order valence-electron chi connectivity index (χ4n) is 2.96. The Morgan fingerprint density at radius 1 is 1.04 bits per heavy atom. The minimum Gasteiger partial charge on any atom is -0.439 e. The maximum Gasteiger partial charge on any atom is 0.212 e. The van der Waals surface area contributed by atoms with Crippen LogP contribution in [-0.2, 0) is 4.79 Å². The predicted molar refractivity (Wildman–Crippen MR) is 94.6 cm³/mol. The Hall–Kier alpha value is -3.14. The number of anilines is 2. The molecule has 2 aromatic carbocycles. The molecule has 1 aromatic heterocycles. The molecule has 0 spiro atoms. The molecule has 1 aliphatic heterocycles. The Kier molecular flexibility index (Phi) is 3.31. The molecule has 4 rings (SSSR count). The van der Waals surface area contributed by atoms with E-state index < -0.39 is 0 Å². The Morgan fingerprint density at radius 2 is 1.75 bits per heavy atom. The molecule has 118 valence electrons. The van der Waals surface area contributed by atoms with E-state index in [1.54, 1.807) is 24.3 Å². The zero-order chi connectivity index (χ0) is 16.7. The van der Waals surface area contributed by atoms with E-state index in [2.05, 4.69) is 0 Å². The van der Waals surface area contributed by atoms with Crippen LogP contribution in [-0.4, -0.2) is 12.3 Å². The average molecular weight is 317 g/mol. The Bertz CT molecular complexity index is 1030. The van der Waals surface area contributed by atoms with Crippen LogP contribution in [0.2, 0.25) is 0 Å². The number of ketones is 1. The Balaban J connectivity index is 2.04. The summed E-state index contributed by atoms with van der Waals surface area (Å²) in [5.74, 6) is 0.434. The van der Waals surface area contributed by atoms with Crippen LogP contribution in [0, 0.1) is 0 Å². The van der Waals surface area contributed by atoms with Gasteiger partial charge in [0.2, 0.25) is 11.3 Å². The van der Waals surface area contributed by atoms with Crippen molar-refractivity contribution in [2.75, 3.05) is 11.4 Å². The van der Waals surface area contributed by atoms with Gasteiger partial charge >= 0.3 is 0 Å². The molecule has 4 heteroatoms. The summed E-state index contributed by atoms with van der Waals surface area (Å²) in [5, 5.41) is 0.519. The second-order valence-corrected chi connectivity index (χ2v) is 5.79. The van der Waals surface area contributed by atoms with Gasteiger partial charge in [0.1, 0.15) is 5.58 Å². The number of rotatable bonds is 2. The number of para-hydroxylation sites is 2. The molecule has 0 fully saturated rings. The van der Waals surface area contributed by atoms with Crippen molar-refractivity contribution in [2.24, 2.45) is 0 Å². The quantitative estimate of drug-likeness (QED) is 0.719. The smallest absolute Gasteiger partial charge is 0.212 e. The average Bonchev–Trinajstić information content (AvgIpc) is 2.62. The van der Waals surface area contributed by atoms with Crippen LogP contribution in [0.5, 0.6) is 0 Å². The van der Waals surface area contributed by atoms with Crippen molar-refractivity contribution >= 4 is 34.4 Å². The van der Waals surface area contributed by atoms with Gasteiger partial charge in [-0.3, -0.25) is 9.59 Å². The summed E-state index contributed by atoms with van der Waals surface area (Å²) in [6, 6.07) is 16.8. The van der Waals surface area contributed by atoms with Gasteiger partial charge in [-0.25, -0.2) is 0 Å². The molecule has 0 saturated heterocycles. The zero-order valence-corrected chi connectivity index (χ0v) is 13.2. The molecular formula is C20H15NO3. The van der Waals surface area contributed by atoms with Gasteiger partial charge in [0, 0.05) is 11.3 Å². The van der Waals surface area contributed by atoms with Crippen molar-refractivity contribution in [1.82, 2.24) is 0 Å². The summed E-state index contributed by atoms with van der Waals surface area (Å²) in [5.41, 5.74) is 2.32. The number of carbonyl (C=O) groups is 1. The number of carbonyl (C=O) groups excluding carboxylic acids is 1. The lowest BCUT2D eigenvalue weighted by atomic mass is 10.0. The van der Waals surface area contributed by atoms with E-state index in [0.717, 1.165) is 5.69 Å². The van der Waals surface area contributed by atoms with Crippen molar-refractivity contribution in [3.63, 3.8) is 0 Å². The molecule has 0 saturated carbocycles. The van der Waals surface area contributed by atoms with E-state index in [-0.39, 0.29) is 11.2 Å². The van der Waals surface area contributed by atoms with Crippen LogP contribution in [0.3, 0.4) is 0 Å². The van der Waals surface area contributed by atoms with Gasteiger partial charge in [0.05, 0.1) is 17.5 Å². The maximum absolute atomic E-state index is 12.9. The molecule has 0 unspecified atom stereocenters. The van der Waals surface area contributed by atoms with Crippen LogP contribution < -0.4 is 10.3 Å². The Morgan fingerprint density at radius 3 is 2.50 bits per heavy atom. The van der Waals surface area contributed by atoms with Crippen molar-refractivity contribution in [2.45, 2.75) is 6.92 Å². The van der Waals surface area contributed by atoms with E-state index in [1.165, 1.54) is 6.92 Å². The Labute approximate surface area is 138 Å². The highest BCUT2D eigenvalue weighted by atomic mass is 16.4. The molecule has 3 aromatic rings. The highest BCUT2D eigenvalue weighted by Gasteiger charge is 2.26. The number of fused-ring (bicyclic) bond motifs is 2. The van der Waals surface area contributed by atoms with Gasteiger partial charge in [-0.1, -0.05) is 30.3 Å². The molecule has 1 aliphatic rings. The minimum atomic E-state index is -0.119. The first-order valence-corrected chi connectivity index (χ1v) is 7.75. The lowest BCUT2D eigenvalue weighted by molar-refractivity contribution is -0.113. The largest absolute Gasteiger partial charge is 0.439 e. The topological polar surface area (TPSA) is 50.5 Å². The molecule has 2 heterocycles. The van der Waals surface area contributed by atoms with Gasteiger partial charge < -0.3 is 9.32 Å². The monoisotopic (exact) mass is 317 g/mol. The molecule has 4 nitrogen and oxygen atoms in total. The number of benzene rings is 2. The summed E-state index contributed by atoms with van der Waals surface area (Å²) in [6.07, 6.45) is 1.66. The van der Waals surface area contributed by atoms with E-state index in [9.17, 15) is 9.59 Å². The van der Waals surface area contributed by atoms with Crippen LogP contribution in [0.4, 0.5) is 11.6 Å². The lowest BCUT2D eigenvalue weighted by Gasteiger charge is -2.28. The number of Topliss-reactive ketones (excluding diaryl/α,β-unsaturated/α-hetero) is 1. The second-order valence-electron chi connectivity index (χ2n) is 5.79. The summed E-state index contributed by atoms with van der Waals surface area (Å²) < 4.78 is 6.03. The van der Waals surface area contributed by atoms with Crippen LogP contribution in [0.1, 0.15) is 12.5 Å². The minimum absolute atomic E-state index is 0.0471. The molecule has 0 aliphatic carbocycles. The van der Waals surface area contributed by atoms with E-state index >= 15 is 0 Å². The summed E-state index contributed by atoms with van der Waals surface area (Å²) >= 11 is 0. The summed E-state index contributed by atoms with van der Waals surface area (Å²) in [6.45, 7) is 1.90. The third-order valence-corrected chi connectivity index (χ3v) is 4.23. The second kappa shape index (κ2) is 5.49. The number of hydrogen-bond donors (Lipinski definition) is 0. The fourth-order valence-corrected chi connectivity index (χ4v) is 2.96. The van der Waals surface area contributed by atoms with E-state index in [1.807, 2.05) is 41.3 Å². The molecule has 0 N–H and O–H groups in total. The van der Waals surface area contributed by atoms with Crippen molar-refractivity contribution in [3.8, 4) is 0 Å². The lowest BCUT2D eigenvalue weighted by Crippen LogP contribution is -2.29. The highest BCUT2D eigenvalue weighted by Crippen LogP contribution is 2.35. The van der Waals surface area contributed by atoms with Gasteiger partial charge in [-0.15, -0.1) is 0 Å². The summed E-state index contributed by atoms with van der Waals surface area (Å²) in [4.78, 5) is 26.7. The normalized spacial score (nSPS) is 13.5. The molecule has 0 atom stereocenters. The first-order valence-electron chi connectivity index (χ1n) is 7.75. The molecule has 0 radical (unpaired) electrons. The van der Waals surface area contributed by atoms with Gasteiger partial charge in [0.15, 0.2) is 5.78 Å². The van der Waals surface area contributed by atoms with Crippen LogP contribution >= 0.6 is 0 Å². The van der Waals surface area contributed by atoms with Crippen molar-refractivity contribution in [1.29, 1.82) is 0 Å². The third kappa shape index (κ3) is 2.24. The molecular weight excluding hydrogens is 302 g/mol. The van der Waals surface area contributed by atoms with Gasteiger partial charge in [-0.05, 0) is 37.3 Å². The van der Waals surface area contributed by atoms with Crippen LogP contribution in [0.15, 0.2) is 69.4 Å². The van der Waals surface area contributed by atoms with Crippen molar-refractivity contribution < 1.29 is 9.21 Å². The maximum atomic E-state index is 12.9. The fraction of sp³-hybridized carbons (Fsp3) is 0.100. The third-order valence-electron chi connectivity index (χ3n) is 4.23. The van der Waals surface area contributed by atoms with Gasteiger partial charge in [0.25, 0.3) is 0 Å².